The number of esters is 1. The van der Waals surface area contributed by atoms with Crippen LogP contribution in [0.3, 0.4) is 0 Å². The Morgan fingerprint density at radius 2 is 1.75 bits per heavy atom. The Bertz CT molecular complexity index is 838. The maximum absolute atomic E-state index is 13.1. The summed E-state index contributed by atoms with van der Waals surface area (Å²) in [5, 5.41) is 0.659. The largest absolute Gasteiger partial charge is 0.460 e. The van der Waals surface area contributed by atoms with Crippen LogP contribution in [0.25, 0.3) is 0 Å². The molecule has 0 heterocycles. The van der Waals surface area contributed by atoms with E-state index < -0.39 is 28.4 Å². The fraction of sp³-hybridized carbons (Fsp3) is 0.133. The SMILES string of the molecule is O=C(CNS(=O)(=O)c1cccc(F)c1)OCc1c(Cl)cccc1Cl. The summed E-state index contributed by atoms with van der Waals surface area (Å²) >= 11 is 11.9. The molecule has 2 aromatic carbocycles. The van der Waals surface area contributed by atoms with Gasteiger partial charge in [-0.1, -0.05) is 35.3 Å². The van der Waals surface area contributed by atoms with Crippen molar-refractivity contribution in [3.05, 3.63) is 63.9 Å². The predicted octanol–water partition coefficient (Wildman–Crippen LogP) is 3.15. The second-order valence-corrected chi connectivity index (χ2v) is 7.22. The first-order chi connectivity index (χ1) is 11.3. The van der Waals surface area contributed by atoms with Gasteiger partial charge in [-0.05, 0) is 30.3 Å². The summed E-state index contributed by atoms with van der Waals surface area (Å²) in [6.07, 6.45) is 0. The van der Waals surface area contributed by atoms with E-state index in [2.05, 4.69) is 0 Å². The van der Waals surface area contributed by atoms with Crippen LogP contribution >= 0.6 is 23.2 Å². The lowest BCUT2D eigenvalue weighted by Gasteiger charge is -2.09. The maximum atomic E-state index is 13.1. The van der Waals surface area contributed by atoms with Gasteiger partial charge >= 0.3 is 5.97 Å². The third-order valence-electron chi connectivity index (χ3n) is 2.95. The fourth-order valence-electron chi connectivity index (χ4n) is 1.75. The van der Waals surface area contributed by atoms with Crippen molar-refractivity contribution in [2.24, 2.45) is 0 Å². The van der Waals surface area contributed by atoms with Crippen LogP contribution in [0.2, 0.25) is 10.0 Å². The second-order valence-electron chi connectivity index (χ2n) is 4.64. The molecule has 128 valence electrons. The first-order valence-electron chi connectivity index (χ1n) is 6.63. The van der Waals surface area contributed by atoms with Gasteiger partial charge in [-0.25, -0.2) is 12.8 Å². The molecule has 1 N–H and O–H groups in total. The van der Waals surface area contributed by atoms with Crippen LogP contribution in [0.15, 0.2) is 47.4 Å². The Kier molecular flexibility index (Phi) is 6.17. The summed E-state index contributed by atoms with van der Waals surface area (Å²) < 4.78 is 43.9. The van der Waals surface area contributed by atoms with Crippen molar-refractivity contribution in [1.29, 1.82) is 0 Å². The number of benzene rings is 2. The van der Waals surface area contributed by atoms with Crippen molar-refractivity contribution in [3.63, 3.8) is 0 Å². The van der Waals surface area contributed by atoms with Gasteiger partial charge < -0.3 is 4.74 Å². The molecule has 0 saturated heterocycles. The van der Waals surface area contributed by atoms with Crippen molar-refractivity contribution in [3.8, 4) is 0 Å². The molecule has 0 bridgehead atoms. The number of sulfonamides is 1. The molecule has 2 aromatic rings. The Balaban J connectivity index is 1.94. The number of carbonyl (C=O) groups is 1. The van der Waals surface area contributed by atoms with Gasteiger partial charge in [0, 0.05) is 15.6 Å². The number of hydrogen-bond acceptors (Lipinski definition) is 4. The molecule has 0 aromatic heterocycles. The Labute approximate surface area is 148 Å². The van der Waals surface area contributed by atoms with E-state index in [4.69, 9.17) is 27.9 Å². The fourth-order valence-corrected chi connectivity index (χ4v) is 3.25. The number of ether oxygens (including phenoxy) is 1. The zero-order valence-corrected chi connectivity index (χ0v) is 14.5. The molecule has 5 nitrogen and oxygen atoms in total. The maximum Gasteiger partial charge on any atom is 0.321 e. The highest BCUT2D eigenvalue weighted by molar-refractivity contribution is 7.89. The van der Waals surface area contributed by atoms with E-state index in [0.29, 0.717) is 15.6 Å². The lowest BCUT2D eigenvalue weighted by atomic mass is 10.2. The minimum atomic E-state index is -4.02. The van der Waals surface area contributed by atoms with E-state index in [1.807, 2.05) is 4.72 Å². The predicted molar refractivity (Wildman–Crippen MR) is 87.8 cm³/mol. The summed E-state index contributed by atoms with van der Waals surface area (Å²) in [4.78, 5) is 11.4. The Hall–Kier alpha value is -1.67. The van der Waals surface area contributed by atoms with Gasteiger partial charge in [0.2, 0.25) is 10.0 Å². The molecule has 0 aliphatic carbocycles. The van der Waals surface area contributed by atoms with Gasteiger partial charge in [0.15, 0.2) is 0 Å². The molecule has 0 unspecified atom stereocenters. The molecular formula is C15H12Cl2FNO4S. The van der Waals surface area contributed by atoms with E-state index in [0.717, 1.165) is 12.1 Å². The third-order valence-corrected chi connectivity index (χ3v) is 5.06. The van der Waals surface area contributed by atoms with Crippen LogP contribution in [0.5, 0.6) is 0 Å². The number of nitrogens with one attached hydrogen (secondary N) is 1. The van der Waals surface area contributed by atoms with Crippen LogP contribution in [-0.4, -0.2) is 20.9 Å². The van der Waals surface area contributed by atoms with Crippen molar-refractivity contribution in [2.75, 3.05) is 6.54 Å². The summed E-state index contributed by atoms with van der Waals surface area (Å²) in [6.45, 7) is -0.806. The molecular weight excluding hydrogens is 380 g/mol. The van der Waals surface area contributed by atoms with Gasteiger partial charge in [0.05, 0.1) is 4.90 Å². The quantitative estimate of drug-likeness (QED) is 0.767. The zero-order chi connectivity index (χ0) is 17.7. The van der Waals surface area contributed by atoms with Gasteiger partial charge in [-0.15, -0.1) is 0 Å². The standard InChI is InChI=1S/C15H12Cl2FNO4S/c16-13-5-2-6-14(17)12(13)9-23-15(20)8-19-24(21,22)11-4-1-3-10(18)7-11/h1-7,19H,8-9H2. The van der Waals surface area contributed by atoms with Crippen molar-refractivity contribution < 1.29 is 22.3 Å². The molecule has 0 spiro atoms. The molecule has 9 heteroatoms. The Morgan fingerprint density at radius 3 is 2.38 bits per heavy atom. The van der Waals surface area contributed by atoms with Crippen molar-refractivity contribution in [1.82, 2.24) is 4.72 Å². The van der Waals surface area contributed by atoms with Crippen LogP contribution < -0.4 is 4.72 Å². The van der Waals surface area contributed by atoms with Gasteiger partial charge in [-0.2, -0.15) is 4.72 Å². The summed E-state index contributed by atoms with van der Waals surface area (Å²) in [5.41, 5.74) is 0.419. The van der Waals surface area contributed by atoms with E-state index in [-0.39, 0.29) is 11.5 Å². The molecule has 0 saturated carbocycles. The normalized spacial score (nSPS) is 11.3. The minimum absolute atomic E-state index is 0.195. The minimum Gasteiger partial charge on any atom is -0.460 e. The summed E-state index contributed by atoms with van der Waals surface area (Å²) in [6, 6.07) is 9.23. The zero-order valence-electron chi connectivity index (χ0n) is 12.1. The van der Waals surface area contributed by atoms with Crippen LogP contribution in [0.1, 0.15) is 5.56 Å². The molecule has 2 rings (SSSR count). The second kappa shape index (κ2) is 7.94. The molecule has 0 aliphatic rings. The van der Waals surface area contributed by atoms with Crippen molar-refractivity contribution in [2.45, 2.75) is 11.5 Å². The van der Waals surface area contributed by atoms with Crippen LogP contribution in [0, 0.1) is 5.82 Å². The topological polar surface area (TPSA) is 72.5 Å². The van der Waals surface area contributed by atoms with Gasteiger partial charge in [0.25, 0.3) is 0 Å². The third kappa shape index (κ3) is 4.91. The van der Waals surface area contributed by atoms with E-state index in [1.54, 1.807) is 18.2 Å². The smallest absolute Gasteiger partial charge is 0.321 e. The van der Waals surface area contributed by atoms with Gasteiger partial charge in [-0.3, -0.25) is 4.79 Å². The van der Waals surface area contributed by atoms with Gasteiger partial charge in [0.1, 0.15) is 19.0 Å². The Morgan fingerprint density at radius 1 is 1.12 bits per heavy atom. The first-order valence-corrected chi connectivity index (χ1v) is 8.87. The molecule has 24 heavy (non-hydrogen) atoms. The monoisotopic (exact) mass is 391 g/mol. The average Bonchev–Trinajstić information content (AvgIpc) is 2.52. The van der Waals surface area contributed by atoms with Crippen molar-refractivity contribution >= 4 is 39.2 Å². The molecule has 0 aliphatic heterocycles. The van der Waals surface area contributed by atoms with Crippen LogP contribution in [0.4, 0.5) is 4.39 Å². The molecule has 0 radical (unpaired) electrons. The van der Waals surface area contributed by atoms with E-state index in [9.17, 15) is 17.6 Å². The first kappa shape index (κ1) is 18.7. The summed E-state index contributed by atoms with van der Waals surface area (Å²) in [7, 11) is -4.02. The highest BCUT2D eigenvalue weighted by Crippen LogP contribution is 2.24. The lowest BCUT2D eigenvalue weighted by Crippen LogP contribution is -2.30. The summed E-state index contributed by atoms with van der Waals surface area (Å²) in [5.74, 6) is -1.53. The molecule has 0 atom stereocenters. The van der Waals surface area contributed by atoms with E-state index in [1.165, 1.54) is 12.1 Å². The number of rotatable bonds is 6. The number of hydrogen-bond donors (Lipinski definition) is 1. The molecule has 0 fully saturated rings. The molecule has 0 amide bonds. The number of carbonyl (C=O) groups excluding carboxylic acids is 1. The highest BCUT2D eigenvalue weighted by atomic mass is 35.5. The highest BCUT2D eigenvalue weighted by Gasteiger charge is 2.17. The number of halogens is 3. The lowest BCUT2D eigenvalue weighted by molar-refractivity contribution is -0.143. The van der Waals surface area contributed by atoms with Crippen LogP contribution in [-0.2, 0) is 26.2 Å². The average molecular weight is 392 g/mol. The van der Waals surface area contributed by atoms with E-state index >= 15 is 0 Å².